The van der Waals surface area contributed by atoms with Crippen LogP contribution in [0.25, 0.3) is 0 Å². The van der Waals surface area contributed by atoms with Crippen molar-refractivity contribution in [3.63, 3.8) is 0 Å². The Hall–Kier alpha value is -1.02. The zero-order valence-corrected chi connectivity index (χ0v) is 10.5. The third-order valence-corrected chi connectivity index (χ3v) is 4.09. The van der Waals surface area contributed by atoms with Crippen LogP contribution in [-0.4, -0.2) is 12.6 Å². The zero-order valence-electron chi connectivity index (χ0n) is 10.5. The summed E-state index contributed by atoms with van der Waals surface area (Å²) in [4.78, 5) is 0. The van der Waals surface area contributed by atoms with Crippen molar-refractivity contribution in [3.05, 3.63) is 29.8 Å². The van der Waals surface area contributed by atoms with Gasteiger partial charge in [-0.1, -0.05) is 31.5 Å². The van der Waals surface area contributed by atoms with Gasteiger partial charge < -0.3 is 10.1 Å². The lowest BCUT2D eigenvalue weighted by atomic mass is 9.78. The number of hydrogen-bond donors (Lipinski definition) is 1. The van der Waals surface area contributed by atoms with Crippen molar-refractivity contribution in [2.75, 3.05) is 11.9 Å². The molecule has 2 aliphatic rings. The van der Waals surface area contributed by atoms with Crippen LogP contribution in [0.1, 0.15) is 44.3 Å². The van der Waals surface area contributed by atoms with Crippen LogP contribution in [0, 0.1) is 5.92 Å². The summed E-state index contributed by atoms with van der Waals surface area (Å²) in [5, 5.41) is 3.72. The molecule has 17 heavy (non-hydrogen) atoms. The van der Waals surface area contributed by atoms with E-state index in [1.54, 1.807) is 0 Å². The van der Waals surface area contributed by atoms with Crippen LogP contribution in [-0.2, 0) is 4.74 Å². The molecule has 0 unspecified atom stereocenters. The molecule has 0 aromatic heterocycles. The molecule has 2 heteroatoms. The molecule has 1 aromatic carbocycles. The number of benzene rings is 1. The van der Waals surface area contributed by atoms with Gasteiger partial charge in [-0.3, -0.25) is 0 Å². The second-order valence-electron chi connectivity index (χ2n) is 5.22. The summed E-state index contributed by atoms with van der Waals surface area (Å²) in [6.45, 7) is 3.19. The Morgan fingerprint density at radius 3 is 3.12 bits per heavy atom. The van der Waals surface area contributed by atoms with Crippen molar-refractivity contribution in [1.29, 1.82) is 0 Å². The third kappa shape index (κ3) is 1.95. The molecule has 1 fully saturated rings. The lowest BCUT2D eigenvalue weighted by Crippen LogP contribution is -2.41. The van der Waals surface area contributed by atoms with Crippen molar-refractivity contribution in [2.24, 2.45) is 5.92 Å². The average Bonchev–Trinajstić information content (AvgIpc) is 2.39. The molecule has 0 aliphatic carbocycles. The highest BCUT2D eigenvalue weighted by atomic mass is 16.5. The lowest BCUT2D eigenvalue weighted by molar-refractivity contribution is -0.0385. The molecule has 1 aromatic rings. The van der Waals surface area contributed by atoms with Gasteiger partial charge in [-0.05, 0) is 25.3 Å². The fourth-order valence-corrected chi connectivity index (χ4v) is 3.32. The first-order valence-corrected chi connectivity index (χ1v) is 6.87. The van der Waals surface area contributed by atoms with Crippen LogP contribution in [0.15, 0.2) is 24.3 Å². The van der Waals surface area contributed by atoms with Crippen molar-refractivity contribution in [3.8, 4) is 0 Å². The van der Waals surface area contributed by atoms with Crippen LogP contribution in [0.2, 0.25) is 0 Å². The quantitative estimate of drug-likeness (QED) is 0.837. The minimum absolute atomic E-state index is 0.331. The van der Waals surface area contributed by atoms with E-state index in [0.29, 0.717) is 18.1 Å². The van der Waals surface area contributed by atoms with E-state index in [1.165, 1.54) is 36.9 Å². The second kappa shape index (κ2) is 4.69. The number of ether oxygens (including phenoxy) is 1. The Morgan fingerprint density at radius 2 is 2.24 bits per heavy atom. The van der Waals surface area contributed by atoms with Gasteiger partial charge in [0.15, 0.2) is 0 Å². The highest BCUT2D eigenvalue weighted by Crippen LogP contribution is 2.44. The average molecular weight is 231 g/mol. The Labute approximate surface area is 103 Å². The largest absolute Gasteiger partial charge is 0.382 e. The molecular formula is C15H21NO. The van der Waals surface area contributed by atoms with E-state index >= 15 is 0 Å². The molecule has 1 saturated heterocycles. The molecule has 1 N–H and O–H groups in total. The number of para-hydroxylation sites is 1. The topological polar surface area (TPSA) is 21.3 Å². The molecule has 2 aliphatic heterocycles. The Balaban J connectivity index is 1.94. The molecule has 0 saturated carbocycles. The second-order valence-corrected chi connectivity index (χ2v) is 5.22. The van der Waals surface area contributed by atoms with Gasteiger partial charge in [0, 0.05) is 29.8 Å². The summed E-state index contributed by atoms with van der Waals surface area (Å²) in [6.07, 6.45) is 5.34. The van der Waals surface area contributed by atoms with Crippen LogP contribution in [0.5, 0.6) is 0 Å². The van der Waals surface area contributed by atoms with Crippen LogP contribution < -0.4 is 5.32 Å². The summed E-state index contributed by atoms with van der Waals surface area (Å²) in [5.74, 6) is 0.665. The molecular weight excluding hydrogens is 210 g/mol. The minimum atomic E-state index is 0.331. The maximum Gasteiger partial charge on any atom is 0.0892 e. The van der Waals surface area contributed by atoms with E-state index in [0.717, 1.165) is 6.61 Å². The molecule has 2 heterocycles. The minimum Gasteiger partial charge on any atom is -0.382 e. The summed E-state index contributed by atoms with van der Waals surface area (Å²) >= 11 is 0. The molecule has 2 nitrogen and oxygen atoms in total. The molecule has 3 atom stereocenters. The van der Waals surface area contributed by atoms with Gasteiger partial charge in [-0.25, -0.2) is 0 Å². The van der Waals surface area contributed by atoms with Crippen molar-refractivity contribution < 1.29 is 4.74 Å². The fraction of sp³-hybridized carbons (Fsp3) is 0.600. The van der Waals surface area contributed by atoms with Crippen molar-refractivity contribution >= 4 is 5.69 Å². The first-order valence-electron chi connectivity index (χ1n) is 6.87. The number of fused-ring (bicyclic) bond motifs is 3. The molecule has 0 spiro atoms. The van der Waals surface area contributed by atoms with E-state index in [9.17, 15) is 0 Å². The Morgan fingerprint density at radius 1 is 1.35 bits per heavy atom. The van der Waals surface area contributed by atoms with Crippen LogP contribution in [0.4, 0.5) is 5.69 Å². The summed E-state index contributed by atoms with van der Waals surface area (Å²) < 4.78 is 6.04. The van der Waals surface area contributed by atoms with Gasteiger partial charge in [-0.2, -0.15) is 0 Å². The Kier molecular flexibility index (Phi) is 3.06. The third-order valence-electron chi connectivity index (χ3n) is 4.09. The molecule has 0 bridgehead atoms. The lowest BCUT2D eigenvalue weighted by Gasteiger charge is -2.43. The first kappa shape index (κ1) is 11.1. The summed E-state index contributed by atoms with van der Waals surface area (Å²) in [5.41, 5.74) is 2.65. The van der Waals surface area contributed by atoms with Crippen LogP contribution in [0.3, 0.4) is 0 Å². The predicted molar refractivity (Wildman–Crippen MR) is 70.2 cm³/mol. The molecule has 92 valence electrons. The van der Waals surface area contributed by atoms with E-state index in [-0.39, 0.29) is 0 Å². The summed E-state index contributed by atoms with van der Waals surface area (Å²) in [7, 11) is 0. The first-order chi connectivity index (χ1) is 8.40. The predicted octanol–water partition coefficient (Wildman–Crippen LogP) is 3.75. The fourth-order valence-electron chi connectivity index (χ4n) is 3.32. The summed E-state index contributed by atoms with van der Waals surface area (Å²) in [6, 6.07) is 9.23. The van der Waals surface area contributed by atoms with Gasteiger partial charge in [-0.15, -0.1) is 0 Å². The van der Waals surface area contributed by atoms with Gasteiger partial charge in [0.1, 0.15) is 0 Å². The number of nitrogens with one attached hydrogen (secondary N) is 1. The van der Waals surface area contributed by atoms with Crippen molar-refractivity contribution in [1.82, 2.24) is 0 Å². The van der Waals surface area contributed by atoms with Gasteiger partial charge >= 0.3 is 0 Å². The molecule has 3 rings (SSSR count). The van der Waals surface area contributed by atoms with E-state index in [2.05, 4.69) is 36.5 Å². The standard InChI is InChI=1S/C15H21NO/c1-2-6-13-12-8-5-10-17-15(12)11-7-3-4-9-14(11)16-13/h3-4,7,9,12-13,15-16H,2,5-6,8,10H2,1H3/t12-,13+,15+/m1/s1. The highest BCUT2D eigenvalue weighted by molar-refractivity contribution is 5.55. The number of hydrogen-bond acceptors (Lipinski definition) is 2. The van der Waals surface area contributed by atoms with Crippen molar-refractivity contribution in [2.45, 2.75) is 44.8 Å². The van der Waals surface area contributed by atoms with E-state index in [4.69, 9.17) is 4.74 Å². The molecule has 0 amide bonds. The van der Waals surface area contributed by atoms with E-state index in [1.807, 2.05) is 0 Å². The van der Waals surface area contributed by atoms with Crippen LogP contribution >= 0.6 is 0 Å². The highest BCUT2D eigenvalue weighted by Gasteiger charge is 2.38. The molecule has 0 radical (unpaired) electrons. The van der Waals surface area contributed by atoms with Gasteiger partial charge in [0.2, 0.25) is 0 Å². The van der Waals surface area contributed by atoms with Gasteiger partial charge in [0.25, 0.3) is 0 Å². The van der Waals surface area contributed by atoms with E-state index < -0.39 is 0 Å². The zero-order chi connectivity index (χ0) is 11.7. The monoisotopic (exact) mass is 231 g/mol. The Bertz CT molecular complexity index is 390. The number of anilines is 1. The smallest absolute Gasteiger partial charge is 0.0892 e. The SMILES string of the molecule is CCC[C@@H]1Nc2ccccc2[C@@H]2OCCC[C@H]12. The maximum atomic E-state index is 6.04. The maximum absolute atomic E-state index is 6.04. The van der Waals surface area contributed by atoms with Gasteiger partial charge in [0.05, 0.1) is 6.10 Å². The number of rotatable bonds is 2. The normalized spacial score (nSPS) is 31.2.